The number of nitro groups is 1. The van der Waals surface area contributed by atoms with E-state index in [-0.39, 0.29) is 29.7 Å². The van der Waals surface area contributed by atoms with Gasteiger partial charge in [-0.25, -0.2) is 4.99 Å². The molecule has 0 bridgehead atoms. The quantitative estimate of drug-likeness (QED) is 0.154. The van der Waals surface area contributed by atoms with Gasteiger partial charge in [-0.1, -0.05) is 31.5 Å². The van der Waals surface area contributed by atoms with E-state index >= 15 is 0 Å². The molecular weight excluding hydrogens is 445 g/mol. The Bertz CT molecular complexity index is 692. The maximum atomic E-state index is 10.7. The third-order valence-electron chi connectivity index (χ3n) is 3.55. The highest BCUT2D eigenvalue weighted by Crippen LogP contribution is 2.12. The number of pyridine rings is 1. The summed E-state index contributed by atoms with van der Waals surface area (Å²) in [5.41, 5.74) is 1.94. The van der Waals surface area contributed by atoms with Crippen LogP contribution in [0, 0.1) is 10.1 Å². The lowest BCUT2D eigenvalue weighted by Crippen LogP contribution is -2.37. The summed E-state index contributed by atoms with van der Waals surface area (Å²) in [6, 6.07) is 12.2. The fourth-order valence-corrected chi connectivity index (χ4v) is 2.13. The second kappa shape index (κ2) is 12.2. The molecule has 0 spiro atoms. The van der Waals surface area contributed by atoms with Gasteiger partial charge in [0.1, 0.15) is 0 Å². The van der Waals surface area contributed by atoms with Gasteiger partial charge in [-0.2, -0.15) is 0 Å². The molecule has 140 valence electrons. The number of non-ortho nitro benzene ring substituents is 1. The first-order valence-electron chi connectivity index (χ1n) is 8.34. The molecule has 8 heteroatoms. The summed E-state index contributed by atoms with van der Waals surface area (Å²) < 4.78 is 0. The molecule has 2 N–H and O–H groups in total. The van der Waals surface area contributed by atoms with Gasteiger partial charge in [-0.05, 0) is 24.1 Å². The monoisotopic (exact) mass is 469 g/mol. The van der Waals surface area contributed by atoms with Crippen LogP contribution in [0.15, 0.2) is 53.7 Å². The highest BCUT2D eigenvalue weighted by Gasteiger charge is 2.04. The standard InChI is InChI=1S/C18H23N5O2.HI/c1-2-3-11-20-18(22-14-16-6-4-5-12-19-16)21-13-15-7-9-17(10-8-15)23(24)25;/h4-10,12H,2-3,11,13-14H2,1H3,(H2,20,21,22);1H. The molecule has 7 nitrogen and oxygen atoms in total. The van der Waals surface area contributed by atoms with E-state index in [0.717, 1.165) is 30.6 Å². The van der Waals surface area contributed by atoms with Gasteiger partial charge in [0.2, 0.25) is 0 Å². The van der Waals surface area contributed by atoms with E-state index < -0.39 is 4.92 Å². The molecule has 0 radical (unpaired) electrons. The molecule has 0 aliphatic heterocycles. The number of nitrogens with one attached hydrogen (secondary N) is 2. The van der Waals surface area contributed by atoms with Crippen molar-refractivity contribution >= 4 is 35.6 Å². The van der Waals surface area contributed by atoms with Crippen molar-refractivity contribution in [3.63, 3.8) is 0 Å². The molecule has 0 saturated carbocycles. The minimum absolute atomic E-state index is 0. The lowest BCUT2D eigenvalue weighted by Gasteiger charge is -2.12. The Labute approximate surface area is 170 Å². The van der Waals surface area contributed by atoms with Gasteiger partial charge in [0, 0.05) is 24.9 Å². The van der Waals surface area contributed by atoms with Crippen LogP contribution < -0.4 is 10.6 Å². The highest BCUT2D eigenvalue weighted by atomic mass is 127. The number of nitro benzene ring substituents is 1. The number of benzene rings is 1. The van der Waals surface area contributed by atoms with Crippen LogP contribution in [0.2, 0.25) is 0 Å². The molecular formula is C18H24IN5O2. The summed E-state index contributed by atoms with van der Waals surface area (Å²) in [7, 11) is 0. The van der Waals surface area contributed by atoms with E-state index in [0.29, 0.717) is 19.0 Å². The molecule has 2 aromatic rings. The number of aliphatic imine (C=N–C) groups is 1. The van der Waals surface area contributed by atoms with Crippen LogP contribution in [0.5, 0.6) is 0 Å². The molecule has 0 amide bonds. The Morgan fingerprint density at radius 1 is 1.19 bits per heavy atom. The number of aromatic nitrogens is 1. The van der Waals surface area contributed by atoms with Crippen molar-refractivity contribution in [3.8, 4) is 0 Å². The number of unbranched alkanes of at least 4 members (excludes halogenated alkanes) is 1. The lowest BCUT2D eigenvalue weighted by molar-refractivity contribution is -0.384. The Balaban J connectivity index is 0.00000338. The molecule has 0 saturated heterocycles. The molecule has 0 aliphatic carbocycles. The Morgan fingerprint density at radius 3 is 2.58 bits per heavy atom. The second-order valence-electron chi connectivity index (χ2n) is 5.54. The molecule has 0 aliphatic rings. The molecule has 0 fully saturated rings. The van der Waals surface area contributed by atoms with Crippen molar-refractivity contribution in [3.05, 3.63) is 70.0 Å². The zero-order valence-electron chi connectivity index (χ0n) is 14.7. The van der Waals surface area contributed by atoms with Gasteiger partial charge >= 0.3 is 0 Å². The maximum Gasteiger partial charge on any atom is 0.269 e. The minimum atomic E-state index is -0.404. The first-order valence-corrected chi connectivity index (χ1v) is 8.34. The van der Waals surface area contributed by atoms with Crippen molar-refractivity contribution in [1.82, 2.24) is 15.6 Å². The van der Waals surface area contributed by atoms with Gasteiger partial charge in [-0.15, -0.1) is 24.0 Å². The highest BCUT2D eigenvalue weighted by molar-refractivity contribution is 14.0. The normalized spacial score (nSPS) is 10.7. The second-order valence-corrected chi connectivity index (χ2v) is 5.54. The summed E-state index contributed by atoms with van der Waals surface area (Å²) in [6.45, 7) is 4.00. The maximum absolute atomic E-state index is 10.7. The van der Waals surface area contributed by atoms with Gasteiger partial charge in [0.25, 0.3) is 5.69 Å². The summed E-state index contributed by atoms with van der Waals surface area (Å²) in [6.07, 6.45) is 3.92. The van der Waals surface area contributed by atoms with Crippen LogP contribution in [0.1, 0.15) is 31.0 Å². The van der Waals surface area contributed by atoms with Gasteiger partial charge in [0.05, 0.1) is 23.7 Å². The minimum Gasteiger partial charge on any atom is -0.356 e. The predicted octanol–water partition coefficient (Wildman–Crippen LogP) is 3.64. The average molecular weight is 469 g/mol. The van der Waals surface area contributed by atoms with E-state index in [2.05, 4.69) is 27.5 Å². The number of guanidine groups is 1. The lowest BCUT2D eigenvalue weighted by atomic mass is 10.2. The topological polar surface area (TPSA) is 92.5 Å². The average Bonchev–Trinajstić information content (AvgIpc) is 2.65. The summed E-state index contributed by atoms with van der Waals surface area (Å²) in [5.74, 6) is 0.706. The van der Waals surface area contributed by atoms with Crippen LogP contribution in [0.25, 0.3) is 0 Å². The molecule has 0 atom stereocenters. The van der Waals surface area contributed by atoms with Crippen molar-refractivity contribution in [1.29, 1.82) is 0 Å². The molecule has 0 unspecified atom stereocenters. The summed E-state index contributed by atoms with van der Waals surface area (Å²) >= 11 is 0. The third kappa shape index (κ3) is 7.77. The molecule has 1 heterocycles. The van der Waals surface area contributed by atoms with E-state index in [1.807, 2.05) is 18.2 Å². The number of nitrogens with zero attached hydrogens (tertiary/aromatic N) is 3. The number of halogens is 1. The van der Waals surface area contributed by atoms with Crippen LogP contribution >= 0.6 is 24.0 Å². The fraction of sp³-hybridized carbons (Fsp3) is 0.333. The summed E-state index contributed by atoms with van der Waals surface area (Å²) in [4.78, 5) is 19.1. The first kappa shape index (κ1) is 21.8. The van der Waals surface area contributed by atoms with E-state index in [1.165, 1.54) is 12.1 Å². The van der Waals surface area contributed by atoms with E-state index in [1.54, 1.807) is 18.3 Å². The largest absolute Gasteiger partial charge is 0.356 e. The summed E-state index contributed by atoms with van der Waals surface area (Å²) in [5, 5.41) is 17.3. The zero-order valence-corrected chi connectivity index (χ0v) is 17.1. The fourth-order valence-electron chi connectivity index (χ4n) is 2.13. The van der Waals surface area contributed by atoms with Crippen LogP contribution in [0.4, 0.5) is 5.69 Å². The van der Waals surface area contributed by atoms with Gasteiger partial charge in [-0.3, -0.25) is 15.1 Å². The first-order chi connectivity index (χ1) is 12.2. The molecule has 1 aromatic carbocycles. The van der Waals surface area contributed by atoms with Crippen LogP contribution in [-0.2, 0) is 13.1 Å². The van der Waals surface area contributed by atoms with Crippen molar-refractivity contribution in [2.24, 2.45) is 4.99 Å². The molecule has 2 rings (SSSR count). The third-order valence-corrected chi connectivity index (χ3v) is 3.55. The van der Waals surface area contributed by atoms with Crippen molar-refractivity contribution < 1.29 is 4.92 Å². The number of rotatable bonds is 8. The van der Waals surface area contributed by atoms with Crippen molar-refractivity contribution in [2.75, 3.05) is 6.54 Å². The SMILES string of the molecule is CCCCNC(=NCc1ccc([N+](=O)[O-])cc1)NCc1ccccn1.I. The van der Waals surface area contributed by atoms with Crippen LogP contribution in [-0.4, -0.2) is 22.4 Å². The molecule has 1 aromatic heterocycles. The number of hydrogen-bond donors (Lipinski definition) is 2. The predicted molar refractivity (Wildman–Crippen MR) is 114 cm³/mol. The van der Waals surface area contributed by atoms with Crippen LogP contribution in [0.3, 0.4) is 0 Å². The Morgan fingerprint density at radius 2 is 1.96 bits per heavy atom. The number of hydrogen-bond acceptors (Lipinski definition) is 4. The zero-order chi connectivity index (χ0) is 17.9. The van der Waals surface area contributed by atoms with E-state index in [9.17, 15) is 10.1 Å². The van der Waals surface area contributed by atoms with Gasteiger partial charge in [0.15, 0.2) is 5.96 Å². The van der Waals surface area contributed by atoms with Gasteiger partial charge < -0.3 is 10.6 Å². The molecule has 26 heavy (non-hydrogen) atoms. The van der Waals surface area contributed by atoms with Crippen molar-refractivity contribution in [2.45, 2.75) is 32.9 Å². The Kier molecular flexibility index (Phi) is 10.2. The smallest absolute Gasteiger partial charge is 0.269 e. The Hall–Kier alpha value is -2.23. The van der Waals surface area contributed by atoms with E-state index in [4.69, 9.17) is 0 Å².